The summed E-state index contributed by atoms with van der Waals surface area (Å²) in [5.74, 6) is -0.571. The van der Waals surface area contributed by atoms with Gasteiger partial charge < -0.3 is 4.18 Å². The molecule has 5 nitrogen and oxygen atoms in total. The van der Waals surface area contributed by atoms with E-state index in [1.807, 2.05) is 0 Å². The summed E-state index contributed by atoms with van der Waals surface area (Å²) >= 11 is -0.544. The van der Waals surface area contributed by atoms with Gasteiger partial charge in [-0.15, -0.1) is 0 Å². The smallest absolute Gasteiger partial charge is 0.364 e. The fourth-order valence-electron chi connectivity index (χ4n) is 0.906. The molecule has 0 atom stereocenters. The highest BCUT2D eigenvalue weighted by atomic mass is 32.2. The van der Waals surface area contributed by atoms with E-state index >= 15 is 0 Å². The molecule has 1 aromatic carbocycles. The van der Waals surface area contributed by atoms with Crippen LogP contribution in [0.15, 0.2) is 33.6 Å². The van der Waals surface area contributed by atoms with E-state index in [0.29, 0.717) is 0 Å². The predicted molar refractivity (Wildman–Crippen MR) is 56.0 cm³/mol. The number of alkyl halides is 3. The van der Waals surface area contributed by atoms with E-state index in [4.69, 9.17) is 0 Å². The first-order valence-corrected chi connectivity index (χ1v) is 6.30. The van der Waals surface area contributed by atoms with E-state index in [-0.39, 0.29) is 0 Å². The van der Waals surface area contributed by atoms with Crippen LogP contribution in [0.25, 0.3) is 0 Å². The minimum absolute atomic E-state index is 0.463. The number of halogens is 3. The van der Waals surface area contributed by atoms with Gasteiger partial charge in [0.2, 0.25) is 0 Å². The summed E-state index contributed by atoms with van der Waals surface area (Å²) in [6, 6.07) is 4.58. The van der Waals surface area contributed by atoms with Gasteiger partial charge in [-0.1, -0.05) is 12.1 Å². The van der Waals surface area contributed by atoms with Crippen molar-refractivity contribution in [1.82, 2.24) is 0 Å². The molecule has 0 aliphatic heterocycles. The van der Waals surface area contributed by atoms with Crippen molar-refractivity contribution in [2.45, 2.75) is 10.4 Å². The van der Waals surface area contributed by atoms with Gasteiger partial charge in [-0.3, -0.25) is 0 Å². The maximum Gasteiger partial charge on any atom is 0.446 e. The molecule has 0 saturated carbocycles. The number of rotatable bonds is 4. The minimum Gasteiger partial charge on any atom is -0.364 e. The monoisotopic (exact) mass is 299 g/mol. The highest BCUT2D eigenvalue weighted by Crippen LogP contribution is 2.41. The third-order valence-electron chi connectivity index (χ3n) is 1.42. The Balaban J connectivity index is 3.07. The summed E-state index contributed by atoms with van der Waals surface area (Å²) in [7, 11) is -4.64. The van der Waals surface area contributed by atoms with Crippen molar-refractivity contribution in [3.8, 4) is 5.75 Å². The van der Waals surface area contributed by atoms with E-state index in [1.54, 1.807) is 0 Å². The molecule has 0 unspecified atom stereocenters. The van der Waals surface area contributed by atoms with Crippen LogP contribution in [0.1, 0.15) is 0 Å². The molecule has 0 heterocycles. The van der Waals surface area contributed by atoms with E-state index < -0.39 is 38.2 Å². The Morgan fingerprint density at radius 2 is 1.89 bits per heavy atom. The normalized spacial score (nSPS) is 11.7. The third kappa shape index (κ3) is 4.78. The number of thioether (sulfide) groups is 1. The SMILES string of the molecule is O=C=NS(=O)(=O)Oc1ccccc1SC(F)(F)F. The van der Waals surface area contributed by atoms with Gasteiger partial charge >= 0.3 is 15.8 Å². The molecule has 1 rings (SSSR count). The first kappa shape index (κ1) is 14.6. The van der Waals surface area contributed by atoms with Crippen LogP contribution >= 0.6 is 11.8 Å². The molecule has 0 bridgehead atoms. The molecular weight excluding hydrogens is 295 g/mol. The topological polar surface area (TPSA) is 72.8 Å². The highest BCUT2D eigenvalue weighted by molar-refractivity contribution is 8.00. The summed E-state index contributed by atoms with van der Waals surface area (Å²) in [5.41, 5.74) is -4.60. The zero-order valence-corrected chi connectivity index (χ0v) is 9.97. The van der Waals surface area contributed by atoms with Gasteiger partial charge in [0.15, 0.2) is 5.75 Å². The van der Waals surface area contributed by atoms with Crippen LogP contribution in [-0.2, 0) is 15.1 Å². The number of carbonyl (C=O) groups excluding carboxylic acids is 1. The molecule has 98 valence electrons. The second kappa shape index (κ2) is 5.42. The van der Waals surface area contributed by atoms with Gasteiger partial charge in [-0.05, 0) is 28.3 Å². The molecule has 0 aliphatic rings. The highest BCUT2D eigenvalue weighted by Gasteiger charge is 2.31. The average Bonchev–Trinajstić information content (AvgIpc) is 2.18. The minimum atomic E-state index is -4.64. The Bertz CT molecular complexity index is 578. The first-order valence-electron chi connectivity index (χ1n) is 4.12. The molecule has 0 aliphatic carbocycles. The maximum atomic E-state index is 12.2. The van der Waals surface area contributed by atoms with Crippen molar-refractivity contribution < 1.29 is 30.6 Å². The van der Waals surface area contributed by atoms with Gasteiger partial charge in [-0.25, -0.2) is 4.79 Å². The molecule has 0 fully saturated rings. The van der Waals surface area contributed by atoms with Gasteiger partial charge in [0.1, 0.15) is 0 Å². The zero-order chi connectivity index (χ0) is 13.8. The fourth-order valence-corrected chi connectivity index (χ4v) is 2.07. The molecular formula is C8H4F3NO4S2. The lowest BCUT2D eigenvalue weighted by Crippen LogP contribution is -2.07. The molecule has 0 radical (unpaired) electrons. The van der Waals surface area contributed by atoms with E-state index in [0.717, 1.165) is 18.2 Å². The van der Waals surface area contributed by atoms with Crippen LogP contribution in [0.2, 0.25) is 0 Å². The van der Waals surface area contributed by atoms with Crippen molar-refractivity contribution in [2.24, 2.45) is 4.40 Å². The van der Waals surface area contributed by atoms with E-state index in [1.165, 1.54) is 12.1 Å². The average molecular weight is 299 g/mol. The van der Waals surface area contributed by atoms with Crippen molar-refractivity contribution in [3.63, 3.8) is 0 Å². The molecule has 0 aromatic heterocycles. The number of isocyanates is 1. The first-order chi connectivity index (χ1) is 8.23. The molecule has 0 amide bonds. The molecule has 18 heavy (non-hydrogen) atoms. The van der Waals surface area contributed by atoms with Crippen LogP contribution in [0.5, 0.6) is 5.75 Å². The van der Waals surface area contributed by atoms with Gasteiger partial charge in [0.25, 0.3) is 6.08 Å². The quantitative estimate of drug-likeness (QED) is 0.484. The standard InChI is InChI=1S/C8H4F3NO4S2/c9-8(10,11)17-7-4-2-1-3-6(7)16-18(14,15)12-5-13/h1-4H. The summed E-state index contributed by atoms with van der Waals surface area (Å²) in [6.45, 7) is 0. The lowest BCUT2D eigenvalue weighted by Gasteiger charge is -2.09. The van der Waals surface area contributed by atoms with Crippen molar-refractivity contribution in [1.29, 1.82) is 0 Å². The Hall–Kier alpha value is -1.51. The number of hydrogen-bond acceptors (Lipinski definition) is 5. The Labute approximate surface area is 104 Å². The lowest BCUT2D eigenvalue weighted by molar-refractivity contribution is -0.0328. The summed E-state index contributed by atoms with van der Waals surface area (Å²) in [4.78, 5) is 9.33. The van der Waals surface area contributed by atoms with Crippen LogP contribution in [0.3, 0.4) is 0 Å². The van der Waals surface area contributed by atoms with Gasteiger partial charge in [0, 0.05) is 0 Å². The van der Waals surface area contributed by atoms with Crippen molar-refractivity contribution in [3.05, 3.63) is 24.3 Å². The number of para-hydroxylation sites is 1. The second-order valence-corrected chi connectivity index (χ2v) is 5.00. The predicted octanol–water partition coefficient (Wildman–Crippen LogP) is 2.26. The number of benzene rings is 1. The number of nitrogens with zero attached hydrogens (tertiary/aromatic N) is 1. The fraction of sp³-hybridized carbons (Fsp3) is 0.125. The van der Waals surface area contributed by atoms with Gasteiger partial charge in [-0.2, -0.15) is 21.6 Å². The van der Waals surface area contributed by atoms with Crippen LogP contribution in [0, 0.1) is 0 Å². The molecule has 1 aromatic rings. The molecule has 0 spiro atoms. The zero-order valence-electron chi connectivity index (χ0n) is 8.34. The third-order valence-corrected chi connectivity index (χ3v) is 2.90. The Kier molecular flexibility index (Phi) is 4.38. The Morgan fingerprint density at radius 1 is 1.28 bits per heavy atom. The summed E-state index contributed by atoms with van der Waals surface area (Å²) < 4.78 is 65.1. The van der Waals surface area contributed by atoms with Gasteiger partial charge in [0.05, 0.1) is 4.90 Å². The number of hydrogen-bond donors (Lipinski definition) is 0. The van der Waals surface area contributed by atoms with E-state index in [2.05, 4.69) is 8.58 Å². The summed E-state index contributed by atoms with van der Waals surface area (Å²) in [6.07, 6.45) is 0.729. The van der Waals surface area contributed by atoms with Crippen LogP contribution in [0.4, 0.5) is 13.2 Å². The Morgan fingerprint density at radius 3 is 2.44 bits per heavy atom. The van der Waals surface area contributed by atoms with Crippen LogP contribution in [-0.4, -0.2) is 20.0 Å². The largest absolute Gasteiger partial charge is 0.446 e. The molecule has 10 heteroatoms. The van der Waals surface area contributed by atoms with Crippen molar-refractivity contribution >= 4 is 28.1 Å². The maximum absolute atomic E-state index is 12.2. The van der Waals surface area contributed by atoms with Crippen molar-refractivity contribution in [2.75, 3.05) is 0 Å². The molecule has 0 saturated heterocycles. The summed E-state index contributed by atoms with van der Waals surface area (Å²) in [5, 5.41) is 0. The lowest BCUT2D eigenvalue weighted by atomic mass is 10.3. The second-order valence-electron chi connectivity index (χ2n) is 2.69. The van der Waals surface area contributed by atoms with E-state index in [9.17, 15) is 26.4 Å². The van der Waals surface area contributed by atoms with Crippen LogP contribution < -0.4 is 4.18 Å². The molecule has 0 N–H and O–H groups in total.